The Balaban J connectivity index is 1.59. The molecule has 1 aliphatic rings. The van der Waals surface area contributed by atoms with Crippen LogP contribution in [0.15, 0.2) is 45.1 Å². The van der Waals surface area contributed by atoms with Crippen molar-refractivity contribution in [2.75, 3.05) is 26.2 Å². The van der Waals surface area contributed by atoms with Crippen LogP contribution in [0.25, 0.3) is 0 Å². The van der Waals surface area contributed by atoms with Gasteiger partial charge in [0.1, 0.15) is 5.82 Å². The van der Waals surface area contributed by atoms with Gasteiger partial charge in [-0.15, -0.1) is 11.3 Å². The Bertz CT molecular complexity index is 902. The minimum absolute atomic E-state index is 0.0603. The Hall–Kier alpha value is -1.49. The van der Waals surface area contributed by atoms with Gasteiger partial charge in [-0.05, 0) is 52.7 Å². The Morgan fingerprint density at radius 3 is 2.59 bits per heavy atom. The van der Waals surface area contributed by atoms with Crippen LogP contribution >= 0.6 is 27.3 Å². The van der Waals surface area contributed by atoms with Crippen LogP contribution in [-0.2, 0) is 16.6 Å². The van der Waals surface area contributed by atoms with E-state index in [4.69, 9.17) is 0 Å². The molecule has 10 heteroatoms. The van der Waals surface area contributed by atoms with Crippen LogP contribution < -0.4 is 5.32 Å². The van der Waals surface area contributed by atoms with E-state index in [2.05, 4.69) is 21.2 Å². The molecule has 0 aliphatic carbocycles. The molecule has 0 atom stereocenters. The SMILES string of the molecule is O=C(NCc1cc(Br)cs1)N1CCCN(S(=O)(=O)c2ccc(F)cc2)CC1. The summed E-state index contributed by atoms with van der Waals surface area (Å²) in [7, 11) is -3.70. The molecule has 6 nitrogen and oxygen atoms in total. The van der Waals surface area contributed by atoms with E-state index >= 15 is 0 Å². The number of carbonyl (C=O) groups excluding carboxylic acids is 1. The maximum Gasteiger partial charge on any atom is 0.317 e. The van der Waals surface area contributed by atoms with Crippen molar-refractivity contribution in [1.82, 2.24) is 14.5 Å². The Labute approximate surface area is 170 Å². The van der Waals surface area contributed by atoms with Crippen LogP contribution in [0.2, 0.25) is 0 Å². The Morgan fingerprint density at radius 1 is 1.19 bits per heavy atom. The summed E-state index contributed by atoms with van der Waals surface area (Å²) in [6.07, 6.45) is 0.540. The first-order valence-electron chi connectivity index (χ1n) is 8.37. The van der Waals surface area contributed by atoms with Crippen LogP contribution in [-0.4, -0.2) is 49.8 Å². The number of hydrogen-bond donors (Lipinski definition) is 1. The van der Waals surface area contributed by atoms with Crippen molar-refractivity contribution in [3.8, 4) is 0 Å². The number of thiophene rings is 1. The lowest BCUT2D eigenvalue weighted by molar-refractivity contribution is 0.200. The highest BCUT2D eigenvalue weighted by Crippen LogP contribution is 2.20. The largest absolute Gasteiger partial charge is 0.333 e. The predicted octanol–water partition coefficient (Wildman–Crippen LogP) is 3.26. The van der Waals surface area contributed by atoms with E-state index < -0.39 is 15.8 Å². The van der Waals surface area contributed by atoms with Gasteiger partial charge in [0.05, 0.1) is 11.4 Å². The molecule has 1 aliphatic heterocycles. The molecular weight excluding hydrogens is 457 g/mol. The van der Waals surface area contributed by atoms with Crippen LogP contribution in [0, 0.1) is 5.82 Å². The molecule has 1 fully saturated rings. The van der Waals surface area contributed by atoms with Gasteiger partial charge in [0.25, 0.3) is 0 Å². The quantitative estimate of drug-likeness (QED) is 0.737. The highest BCUT2D eigenvalue weighted by molar-refractivity contribution is 9.10. The fourth-order valence-corrected chi connectivity index (χ4v) is 5.67. The highest BCUT2D eigenvalue weighted by atomic mass is 79.9. The third-order valence-electron chi connectivity index (χ3n) is 4.23. The second kappa shape index (κ2) is 8.68. The zero-order valence-corrected chi connectivity index (χ0v) is 17.6. The first-order valence-corrected chi connectivity index (χ1v) is 11.5. The van der Waals surface area contributed by atoms with Crippen molar-refractivity contribution in [2.45, 2.75) is 17.9 Å². The first-order chi connectivity index (χ1) is 12.9. The summed E-state index contributed by atoms with van der Waals surface area (Å²) >= 11 is 4.93. The monoisotopic (exact) mass is 475 g/mol. The fraction of sp³-hybridized carbons (Fsp3) is 0.353. The summed E-state index contributed by atoms with van der Waals surface area (Å²) in [6, 6.07) is 6.53. The minimum Gasteiger partial charge on any atom is -0.333 e. The van der Waals surface area contributed by atoms with Gasteiger partial charge in [-0.25, -0.2) is 17.6 Å². The molecule has 3 rings (SSSR count). The smallest absolute Gasteiger partial charge is 0.317 e. The topological polar surface area (TPSA) is 69.7 Å². The second-order valence-electron chi connectivity index (χ2n) is 6.09. The normalized spacial score (nSPS) is 16.1. The molecule has 0 bridgehead atoms. The van der Waals surface area contributed by atoms with Crippen LogP contribution in [0.5, 0.6) is 0 Å². The molecule has 0 unspecified atom stereocenters. The third-order valence-corrected chi connectivity index (χ3v) is 7.84. The summed E-state index contributed by atoms with van der Waals surface area (Å²) in [5, 5.41) is 4.82. The van der Waals surface area contributed by atoms with E-state index in [1.54, 1.807) is 16.2 Å². The number of halogens is 2. The van der Waals surface area contributed by atoms with Crippen molar-refractivity contribution < 1.29 is 17.6 Å². The van der Waals surface area contributed by atoms with Crippen molar-refractivity contribution in [1.29, 1.82) is 0 Å². The average molecular weight is 476 g/mol. The molecule has 2 heterocycles. The lowest BCUT2D eigenvalue weighted by Gasteiger charge is -2.22. The maximum atomic E-state index is 13.1. The zero-order chi connectivity index (χ0) is 19.4. The standard InChI is InChI=1S/C17H19BrFN3O3S2/c18-13-10-15(26-12-13)11-20-17(23)21-6-1-7-22(9-8-21)27(24,25)16-4-2-14(19)3-5-16/h2-5,10,12H,1,6-9,11H2,(H,20,23). The Kier molecular flexibility index (Phi) is 6.51. The van der Waals surface area contributed by atoms with Crippen LogP contribution in [0.1, 0.15) is 11.3 Å². The molecule has 27 heavy (non-hydrogen) atoms. The highest BCUT2D eigenvalue weighted by Gasteiger charge is 2.28. The van der Waals surface area contributed by atoms with E-state index in [0.717, 1.165) is 21.5 Å². The van der Waals surface area contributed by atoms with E-state index in [9.17, 15) is 17.6 Å². The van der Waals surface area contributed by atoms with E-state index in [1.165, 1.54) is 16.4 Å². The molecule has 0 spiro atoms. The summed E-state index contributed by atoms with van der Waals surface area (Å²) < 4.78 is 40.8. The average Bonchev–Trinajstić information content (AvgIpc) is 2.90. The number of sulfonamides is 1. The van der Waals surface area contributed by atoms with E-state index in [1.807, 2.05) is 11.4 Å². The number of hydrogen-bond acceptors (Lipinski definition) is 4. The molecular formula is C17H19BrFN3O3S2. The number of urea groups is 1. The van der Waals surface area contributed by atoms with Crippen molar-refractivity contribution in [3.05, 3.63) is 50.9 Å². The summed E-state index contributed by atoms with van der Waals surface area (Å²) in [4.78, 5) is 15.1. The molecule has 1 aromatic carbocycles. The van der Waals surface area contributed by atoms with Gasteiger partial charge in [0, 0.05) is 40.9 Å². The third kappa shape index (κ3) is 5.07. The molecule has 0 radical (unpaired) electrons. The summed E-state index contributed by atoms with van der Waals surface area (Å²) in [5.41, 5.74) is 0. The van der Waals surface area contributed by atoms with Gasteiger partial charge in [-0.2, -0.15) is 4.31 Å². The van der Waals surface area contributed by atoms with Crippen molar-refractivity contribution in [2.24, 2.45) is 0 Å². The molecule has 1 aromatic heterocycles. The molecule has 2 amide bonds. The summed E-state index contributed by atoms with van der Waals surface area (Å²) in [5.74, 6) is -0.481. The van der Waals surface area contributed by atoms with Crippen LogP contribution in [0.3, 0.4) is 0 Å². The van der Waals surface area contributed by atoms with Gasteiger partial charge in [-0.3, -0.25) is 0 Å². The number of nitrogens with zero attached hydrogens (tertiary/aromatic N) is 2. The first kappa shape index (κ1) is 20.2. The number of benzene rings is 1. The Morgan fingerprint density at radius 2 is 1.93 bits per heavy atom. The van der Waals surface area contributed by atoms with Gasteiger partial charge >= 0.3 is 6.03 Å². The van der Waals surface area contributed by atoms with Gasteiger partial charge in [-0.1, -0.05) is 0 Å². The summed E-state index contributed by atoms with van der Waals surface area (Å²) in [6.45, 7) is 1.75. The predicted molar refractivity (Wildman–Crippen MR) is 106 cm³/mol. The lowest BCUT2D eigenvalue weighted by Crippen LogP contribution is -2.42. The van der Waals surface area contributed by atoms with Crippen molar-refractivity contribution >= 4 is 43.3 Å². The molecule has 0 saturated carbocycles. The van der Waals surface area contributed by atoms with E-state index in [0.29, 0.717) is 32.6 Å². The maximum absolute atomic E-state index is 13.1. The fourth-order valence-electron chi connectivity index (χ4n) is 2.81. The van der Waals surface area contributed by atoms with Crippen LogP contribution in [0.4, 0.5) is 9.18 Å². The van der Waals surface area contributed by atoms with Crippen molar-refractivity contribution in [3.63, 3.8) is 0 Å². The number of rotatable bonds is 4. The lowest BCUT2D eigenvalue weighted by atomic mass is 10.4. The van der Waals surface area contributed by atoms with E-state index in [-0.39, 0.29) is 17.5 Å². The molecule has 1 N–H and O–H groups in total. The molecule has 2 aromatic rings. The zero-order valence-electron chi connectivity index (χ0n) is 14.4. The van der Waals surface area contributed by atoms with Gasteiger partial charge < -0.3 is 10.2 Å². The minimum atomic E-state index is -3.70. The van der Waals surface area contributed by atoms with Gasteiger partial charge in [0.15, 0.2) is 0 Å². The number of amides is 2. The second-order valence-corrected chi connectivity index (χ2v) is 9.94. The number of nitrogens with one attached hydrogen (secondary N) is 1. The molecule has 146 valence electrons. The van der Waals surface area contributed by atoms with Gasteiger partial charge in [0.2, 0.25) is 10.0 Å². The number of carbonyl (C=O) groups is 1. The molecule has 1 saturated heterocycles.